The average molecular weight is 207 g/mol. The first kappa shape index (κ1) is 9.85. The molecule has 1 amide bonds. The highest BCUT2D eigenvalue weighted by Crippen LogP contribution is 2.12. The number of hydrogen-bond acceptors (Lipinski definition) is 4. The van der Waals surface area contributed by atoms with Crippen molar-refractivity contribution < 1.29 is 4.79 Å². The van der Waals surface area contributed by atoms with Gasteiger partial charge in [0.15, 0.2) is 5.84 Å². The largest absolute Gasteiger partial charge is 0.308 e. The number of amidine groups is 1. The Hall–Kier alpha value is -1.69. The van der Waals surface area contributed by atoms with Gasteiger partial charge in [-0.2, -0.15) is 5.10 Å². The van der Waals surface area contributed by atoms with Gasteiger partial charge in [0, 0.05) is 20.2 Å². The van der Waals surface area contributed by atoms with E-state index in [0.717, 1.165) is 5.69 Å². The molecule has 0 aliphatic carbocycles. The predicted octanol–water partition coefficient (Wildman–Crippen LogP) is -0.686. The van der Waals surface area contributed by atoms with E-state index in [1.54, 1.807) is 22.8 Å². The molecule has 6 heteroatoms. The number of carbonyl (C=O) groups is 1. The minimum atomic E-state index is -0.334. The van der Waals surface area contributed by atoms with Crippen LogP contribution in [-0.2, 0) is 11.8 Å². The van der Waals surface area contributed by atoms with E-state index in [1.165, 1.54) is 6.92 Å². The highest BCUT2D eigenvalue weighted by atomic mass is 16.2. The third-order valence-electron chi connectivity index (χ3n) is 2.34. The molecule has 0 bridgehead atoms. The molecule has 2 heterocycles. The Morgan fingerprint density at radius 3 is 2.93 bits per heavy atom. The van der Waals surface area contributed by atoms with Gasteiger partial charge in [0.05, 0.1) is 6.54 Å². The van der Waals surface area contributed by atoms with Crippen LogP contribution in [0, 0.1) is 0 Å². The SMILES string of the molecule is CC(=O)N1CC(N)N=C1c1ccnn1C. The zero-order chi connectivity index (χ0) is 11.0. The Balaban J connectivity index is 2.39. The van der Waals surface area contributed by atoms with E-state index in [-0.39, 0.29) is 12.1 Å². The lowest BCUT2D eigenvalue weighted by Crippen LogP contribution is -2.36. The molecule has 0 saturated carbocycles. The summed E-state index contributed by atoms with van der Waals surface area (Å²) >= 11 is 0. The summed E-state index contributed by atoms with van der Waals surface area (Å²) in [7, 11) is 1.81. The standard InChI is InChI=1S/C9H13N5O/c1-6(15)14-5-8(10)12-9(14)7-3-4-11-13(7)2/h3-4,8H,5,10H2,1-2H3. The Kier molecular flexibility index (Phi) is 2.28. The maximum Gasteiger partial charge on any atom is 0.225 e. The van der Waals surface area contributed by atoms with Crippen molar-refractivity contribution in [2.24, 2.45) is 17.8 Å². The van der Waals surface area contributed by atoms with E-state index < -0.39 is 0 Å². The second-order valence-corrected chi connectivity index (χ2v) is 3.49. The number of amides is 1. The summed E-state index contributed by atoms with van der Waals surface area (Å²) < 4.78 is 1.67. The van der Waals surface area contributed by atoms with Crippen molar-refractivity contribution in [2.45, 2.75) is 13.1 Å². The molecule has 80 valence electrons. The zero-order valence-electron chi connectivity index (χ0n) is 8.71. The molecule has 15 heavy (non-hydrogen) atoms. The maximum absolute atomic E-state index is 11.4. The normalized spacial score (nSPS) is 20.6. The van der Waals surface area contributed by atoms with E-state index in [0.29, 0.717) is 12.4 Å². The Bertz CT molecular complexity index is 422. The first-order chi connectivity index (χ1) is 7.09. The van der Waals surface area contributed by atoms with Gasteiger partial charge >= 0.3 is 0 Å². The molecule has 0 aromatic carbocycles. The lowest BCUT2D eigenvalue weighted by Gasteiger charge is -2.15. The quantitative estimate of drug-likeness (QED) is 0.662. The first-order valence-electron chi connectivity index (χ1n) is 4.69. The third kappa shape index (κ3) is 1.63. The number of nitrogens with two attached hydrogens (primary N) is 1. The van der Waals surface area contributed by atoms with Crippen molar-refractivity contribution in [1.29, 1.82) is 0 Å². The van der Waals surface area contributed by atoms with Gasteiger partial charge in [-0.3, -0.25) is 14.4 Å². The Morgan fingerprint density at radius 2 is 2.40 bits per heavy atom. The van der Waals surface area contributed by atoms with Crippen LogP contribution in [0.3, 0.4) is 0 Å². The molecule has 6 nitrogen and oxygen atoms in total. The van der Waals surface area contributed by atoms with E-state index in [1.807, 2.05) is 6.07 Å². The number of carbonyl (C=O) groups excluding carboxylic acids is 1. The fraction of sp³-hybridized carbons (Fsp3) is 0.444. The minimum absolute atomic E-state index is 0.0529. The topological polar surface area (TPSA) is 76.5 Å². The molecule has 1 aliphatic heterocycles. The Labute approximate surface area is 87.4 Å². The molecule has 1 aliphatic rings. The van der Waals surface area contributed by atoms with Crippen molar-refractivity contribution in [3.05, 3.63) is 18.0 Å². The van der Waals surface area contributed by atoms with Gasteiger partial charge in [0.1, 0.15) is 11.9 Å². The van der Waals surface area contributed by atoms with Gasteiger partial charge in [-0.05, 0) is 6.07 Å². The molecule has 0 spiro atoms. The summed E-state index contributed by atoms with van der Waals surface area (Å²) in [5.41, 5.74) is 6.50. The molecule has 2 N–H and O–H groups in total. The molecule has 1 aromatic heterocycles. The highest BCUT2D eigenvalue weighted by Gasteiger charge is 2.28. The second-order valence-electron chi connectivity index (χ2n) is 3.49. The third-order valence-corrected chi connectivity index (χ3v) is 2.34. The summed E-state index contributed by atoms with van der Waals surface area (Å²) in [4.78, 5) is 17.2. The van der Waals surface area contributed by atoms with Gasteiger partial charge in [0.2, 0.25) is 5.91 Å². The zero-order valence-corrected chi connectivity index (χ0v) is 8.71. The summed E-state index contributed by atoms with van der Waals surface area (Å²) in [6, 6.07) is 1.81. The van der Waals surface area contributed by atoms with Crippen LogP contribution in [-0.4, -0.2) is 39.1 Å². The highest BCUT2D eigenvalue weighted by molar-refractivity contribution is 6.07. The van der Waals surface area contributed by atoms with Crippen molar-refractivity contribution >= 4 is 11.7 Å². The number of hydrogen-bond donors (Lipinski definition) is 1. The van der Waals surface area contributed by atoms with Gasteiger partial charge in [-0.25, -0.2) is 4.99 Å². The van der Waals surface area contributed by atoms with Crippen LogP contribution in [0.4, 0.5) is 0 Å². The molecule has 0 saturated heterocycles. The molecular formula is C9H13N5O. The van der Waals surface area contributed by atoms with Crippen molar-refractivity contribution in [1.82, 2.24) is 14.7 Å². The molecule has 2 rings (SSSR count). The minimum Gasteiger partial charge on any atom is -0.308 e. The lowest BCUT2D eigenvalue weighted by molar-refractivity contribution is -0.124. The number of aliphatic imine (C=N–C) groups is 1. The van der Waals surface area contributed by atoms with Gasteiger partial charge in [-0.1, -0.05) is 0 Å². The summed E-state index contributed by atoms with van der Waals surface area (Å²) in [5, 5.41) is 4.04. The van der Waals surface area contributed by atoms with Crippen molar-refractivity contribution in [3.8, 4) is 0 Å². The van der Waals surface area contributed by atoms with Crippen LogP contribution in [0.15, 0.2) is 17.3 Å². The molecule has 1 aromatic rings. The lowest BCUT2D eigenvalue weighted by atomic mass is 10.3. The van der Waals surface area contributed by atoms with E-state index in [9.17, 15) is 4.79 Å². The summed E-state index contributed by atoms with van der Waals surface area (Å²) in [6.07, 6.45) is 1.33. The summed E-state index contributed by atoms with van der Waals surface area (Å²) in [6.45, 7) is 1.94. The van der Waals surface area contributed by atoms with Gasteiger partial charge in [0.25, 0.3) is 0 Å². The number of aryl methyl sites for hydroxylation is 1. The monoisotopic (exact) mass is 207 g/mol. The smallest absolute Gasteiger partial charge is 0.225 e. The van der Waals surface area contributed by atoms with E-state index in [2.05, 4.69) is 10.1 Å². The van der Waals surface area contributed by atoms with Crippen molar-refractivity contribution in [3.63, 3.8) is 0 Å². The number of rotatable bonds is 1. The van der Waals surface area contributed by atoms with E-state index in [4.69, 9.17) is 5.73 Å². The number of nitrogens with zero attached hydrogens (tertiary/aromatic N) is 4. The second kappa shape index (κ2) is 3.47. The fourth-order valence-electron chi connectivity index (χ4n) is 1.62. The number of aromatic nitrogens is 2. The molecule has 1 unspecified atom stereocenters. The maximum atomic E-state index is 11.4. The van der Waals surface area contributed by atoms with Crippen LogP contribution < -0.4 is 5.73 Å². The van der Waals surface area contributed by atoms with Crippen LogP contribution in [0.5, 0.6) is 0 Å². The van der Waals surface area contributed by atoms with Gasteiger partial charge < -0.3 is 5.73 Å². The average Bonchev–Trinajstić information content (AvgIpc) is 2.71. The molecule has 1 atom stereocenters. The molecule has 0 radical (unpaired) electrons. The van der Waals surface area contributed by atoms with Crippen LogP contribution in [0.25, 0.3) is 0 Å². The first-order valence-corrected chi connectivity index (χ1v) is 4.69. The van der Waals surface area contributed by atoms with Crippen LogP contribution in [0.1, 0.15) is 12.6 Å². The van der Waals surface area contributed by atoms with E-state index >= 15 is 0 Å². The Morgan fingerprint density at radius 1 is 1.67 bits per heavy atom. The predicted molar refractivity (Wildman–Crippen MR) is 55.1 cm³/mol. The van der Waals surface area contributed by atoms with Gasteiger partial charge in [-0.15, -0.1) is 0 Å². The molecular weight excluding hydrogens is 194 g/mol. The van der Waals surface area contributed by atoms with Crippen LogP contribution >= 0.6 is 0 Å². The van der Waals surface area contributed by atoms with Crippen LogP contribution in [0.2, 0.25) is 0 Å². The fourth-order valence-corrected chi connectivity index (χ4v) is 1.62. The summed E-state index contributed by atoms with van der Waals surface area (Å²) in [5.74, 6) is 0.554. The van der Waals surface area contributed by atoms with Crippen molar-refractivity contribution in [2.75, 3.05) is 6.54 Å². The molecule has 0 fully saturated rings.